The predicted octanol–water partition coefficient (Wildman–Crippen LogP) is 7.14. The van der Waals surface area contributed by atoms with Gasteiger partial charge in [-0.25, -0.2) is 0 Å². The summed E-state index contributed by atoms with van der Waals surface area (Å²) in [5.41, 5.74) is 5.64. The molecular weight excluding hydrogens is 354 g/mol. The molecule has 0 aliphatic carbocycles. The number of oxime groups is 1. The molecule has 0 atom stereocenters. The van der Waals surface area contributed by atoms with E-state index in [0.29, 0.717) is 0 Å². The van der Waals surface area contributed by atoms with Crippen LogP contribution < -0.4 is 0 Å². The van der Waals surface area contributed by atoms with E-state index in [9.17, 15) is 0 Å². The minimum atomic E-state index is 0.866. The van der Waals surface area contributed by atoms with Gasteiger partial charge in [-0.1, -0.05) is 102 Å². The summed E-state index contributed by atoms with van der Waals surface area (Å²) in [6.45, 7) is 0. The normalized spacial score (nSPS) is 11.4. The second kappa shape index (κ2) is 7.25. The maximum atomic E-state index is 8.96. The molecule has 2 nitrogen and oxygen atoms in total. The summed E-state index contributed by atoms with van der Waals surface area (Å²) in [5, 5.41) is 17.0. The van der Waals surface area contributed by atoms with E-state index in [0.717, 1.165) is 11.1 Å². The maximum absolute atomic E-state index is 8.96. The third-order valence-corrected chi connectivity index (χ3v) is 5.38. The third-order valence-electron chi connectivity index (χ3n) is 5.38. The Bertz CT molecular complexity index is 1300. The number of benzene rings is 5. The molecule has 0 aliphatic rings. The van der Waals surface area contributed by atoms with Gasteiger partial charge in [-0.3, -0.25) is 0 Å². The largest absolute Gasteiger partial charge is 0.411 e. The zero-order chi connectivity index (χ0) is 19.6. The Morgan fingerprint density at radius 3 is 1.55 bits per heavy atom. The molecule has 1 N–H and O–H groups in total. The highest BCUT2D eigenvalue weighted by molar-refractivity contribution is 6.21. The molecule has 0 bridgehead atoms. The molecule has 0 saturated carbocycles. The van der Waals surface area contributed by atoms with Crippen molar-refractivity contribution in [3.05, 3.63) is 109 Å². The van der Waals surface area contributed by atoms with Crippen molar-refractivity contribution < 1.29 is 5.21 Å². The topological polar surface area (TPSA) is 32.6 Å². The van der Waals surface area contributed by atoms with Gasteiger partial charge in [-0.2, -0.15) is 0 Å². The van der Waals surface area contributed by atoms with Crippen molar-refractivity contribution in [3.8, 4) is 22.3 Å². The summed E-state index contributed by atoms with van der Waals surface area (Å²) < 4.78 is 0. The van der Waals surface area contributed by atoms with Gasteiger partial charge < -0.3 is 5.21 Å². The molecular formula is C27H19NO. The van der Waals surface area contributed by atoms with Gasteiger partial charge in [0.15, 0.2) is 0 Å². The van der Waals surface area contributed by atoms with E-state index in [4.69, 9.17) is 5.21 Å². The van der Waals surface area contributed by atoms with Crippen molar-refractivity contribution in [2.45, 2.75) is 0 Å². The zero-order valence-corrected chi connectivity index (χ0v) is 15.8. The Balaban J connectivity index is 1.95. The van der Waals surface area contributed by atoms with E-state index in [1.54, 1.807) is 0 Å². The standard InChI is InChI=1S/C27H19NO/c29-28-18-19-9-8-12-21(17-19)27-24-15-6-4-13-22(24)26(20-10-2-1-3-11-20)23-14-5-7-16-25(23)27/h1-18,29H. The van der Waals surface area contributed by atoms with Crippen LogP contribution in [0.3, 0.4) is 0 Å². The highest BCUT2D eigenvalue weighted by Crippen LogP contribution is 2.43. The summed E-state index contributed by atoms with van der Waals surface area (Å²) in [5.74, 6) is 0. The molecule has 0 fully saturated rings. The fourth-order valence-corrected chi connectivity index (χ4v) is 4.20. The molecule has 5 aromatic carbocycles. The van der Waals surface area contributed by atoms with Gasteiger partial charge >= 0.3 is 0 Å². The van der Waals surface area contributed by atoms with Crippen LogP contribution in [0, 0.1) is 0 Å². The fraction of sp³-hybridized carbons (Fsp3) is 0. The summed E-state index contributed by atoms with van der Waals surface area (Å²) in [6.07, 6.45) is 1.46. The molecule has 0 radical (unpaired) electrons. The first-order chi connectivity index (χ1) is 14.4. The Hall–Kier alpha value is -3.91. The molecule has 0 unspecified atom stereocenters. The molecule has 0 aromatic heterocycles. The minimum Gasteiger partial charge on any atom is -0.411 e. The van der Waals surface area contributed by atoms with Crippen LogP contribution in [0.1, 0.15) is 5.56 Å². The average Bonchev–Trinajstić information content (AvgIpc) is 2.78. The smallest absolute Gasteiger partial charge is 0.0734 e. The average molecular weight is 373 g/mol. The molecule has 5 rings (SSSR count). The van der Waals surface area contributed by atoms with Gasteiger partial charge in [0.05, 0.1) is 6.21 Å². The molecule has 0 saturated heterocycles. The lowest BCUT2D eigenvalue weighted by Crippen LogP contribution is -1.91. The van der Waals surface area contributed by atoms with Gasteiger partial charge in [0.1, 0.15) is 0 Å². The molecule has 2 heteroatoms. The molecule has 29 heavy (non-hydrogen) atoms. The van der Waals surface area contributed by atoms with Crippen LogP contribution in [-0.4, -0.2) is 11.4 Å². The zero-order valence-electron chi connectivity index (χ0n) is 15.8. The first kappa shape index (κ1) is 17.2. The van der Waals surface area contributed by atoms with Crippen molar-refractivity contribution >= 4 is 27.8 Å². The predicted molar refractivity (Wildman–Crippen MR) is 122 cm³/mol. The number of rotatable bonds is 3. The summed E-state index contributed by atoms with van der Waals surface area (Å²) >= 11 is 0. The molecule has 0 aliphatic heterocycles. The van der Waals surface area contributed by atoms with Crippen LogP contribution in [0.5, 0.6) is 0 Å². The second-order valence-corrected chi connectivity index (χ2v) is 7.08. The number of nitrogens with zero attached hydrogens (tertiary/aromatic N) is 1. The quantitative estimate of drug-likeness (QED) is 0.155. The van der Waals surface area contributed by atoms with Crippen LogP contribution in [0.25, 0.3) is 43.8 Å². The van der Waals surface area contributed by atoms with Crippen LogP contribution >= 0.6 is 0 Å². The van der Waals surface area contributed by atoms with Crippen molar-refractivity contribution in [2.24, 2.45) is 5.16 Å². The number of fused-ring (bicyclic) bond motifs is 2. The van der Waals surface area contributed by atoms with E-state index < -0.39 is 0 Å². The van der Waals surface area contributed by atoms with Crippen LogP contribution in [0.4, 0.5) is 0 Å². The van der Waals surface area contributed by atoms with Crippen molar-refractivity contribution in [1.29, 1.82) is 0 Å². The number of hydrogen-bond acceptors (Lipinski definition) is 2. The van der Waals surface area contributed by atoms with Crippen molar-refractivity contribution in [3.63, 3.8) is 0 Å². The lowest BCUT2D eigenvalue weighted by atomic mass is 9.86. The lowest BCUT2D eigenvalue weighted by Gasteiger charge is -2.17. The van der Waals surface area contributed by atoms with Crippen molar-refractivity contribution in [2.75, 3.05) is 0 Å². The molecule has 138 valence electrons. The first-order valence-electron chi connectivity index (χ1n) is 9.63. The van der Waals surface area contributed by atoms with Crippen LogP contribution in [0.15, 0.2) is 108 Å². The van der Waals surface area contributed by atoms with E-state index in [2.05, 4.69) is 96.2 Å². The van der Waals surface area contributed by atoms with Gasteiger partial charge in [-0.05, 0) is 55.4 Å². The summed E-state index contributed by atoms with van der Waals surface area (Å²) in [6, 6.07) is 35.9. The lowest BCUT2D eigenvalue weighted by molar-refractivity contribution is 0.322. The van der Waals surface area contributed by atoms with Gasteiger partial charge in [0, 0.05) is 0 Å². The fourth-order valence-electron chi connectivity index (χ4n) is 4.20. The Labute approximate surface area is 169 Å². The van der Waals surface area contributed by atoms with Crippen LogP contribution in [0.2, 0.25) is 0 Å². The minimum absolute atomic E-state index is 0.866. The Kier molecular flexibility index (Phi) is 4.30. The monoisotopic (exact) mass is 373 g/mol. The Morgan fingerprint density at radius 1 is 0.517 bits per heavy atom. The van der Waals surface area contributed by atoms with Gasteiger partial charge in [0.25, 0.3) is 0 Å². The molecule has 0 amide bonds. The first-order valence-corrected chi connectivity index (χ1v) is 9.63. The van der Waals surface area contributed by atoms with E-state index in [1.165, 1.54) is 44.4 Å². The van der Waals surface area contributed by atoms with Crippen LogP contribution in [-0.2, 0) is 0 Å². The summed E-state index contributed by atoms with van der Waals surface area (Å²) in [4.78, 5) is 0. The molecule has 0 spiro atoms. The van der Waals surface area contributed by atoms with Crippen molar-refractivity contribution in [1.82, 2.24) is 0 Å². The van der Waals surface area contributed by atoms with Gasteiger partial charge in [0.2, 0.25) is 0 Å². The van der Waals surface area contributed by atoms with E-state index >= 15 is 0 Å². The highest BCUT2D eigenvalue weighted by atomic mass is 16.4. The van der Waals surface area contributed by atoms with E-state index in [1.807, 2.05) is 12.1 Å². The number of hydrogen-bond donors (Lipinski definition) is 1. The summed E-state index contributed by atoms with van der Waals surface area (Å²) in [7, 11) is 0. The molecule has 5 aromatic rings. The third kappa shape index (κ3) is 2.95. The molecule has 0 heterocycles. The SMILES string of the molecule is ON=Cc1cccc(-c2c3ccccc3c(-c3ccccc3)c3ccccc23)c1. The van der Waals surface area contributed by atoms with E-state index in [-0.39, 0.29) is 0 Å². The highest BCUT2D eigenvalue weighted by Gasteiger charge is 2.16. The maximum Gasteiger partial charge on any atom is 0.0734 e. The Morgan fingerprint density at radius 2 is 1.00 bits per heavy atom. The van der Waals surface area contributed by atoms with Gasteiger partial charge in [-0.15, -0.1) is 0 Å². The second-order valence-electron chi connectivity index (χ2n) is 7.08.